The fraction of sp³-hybridized carbons (Fsp3) is 0.231. The van der Waals surface area contributed by atoms with Gasteiger partial charge in [0.05, 0.1) is 5.56 Å². The standard InChI is InChI=1S/C13H14O4/c1-3-12(14)17-10(2)9-16-13(15)11-7-5-4-6-8-11/h3-8,10H,1,9H2,2H3. The summed E-state index contributed by atoms with van der Waals surface area (Å²) in [5, 5.41) is 0. The van der Waals surface area contributed by atoms with Gasteiger partial charge in [0.2, 0.25) is 0 Å². The summed E-state index contributed by atoms with van der Waals surface area (Å²) in [5.41, 5.74) is 0.467. The number of esters is 2. The highest BCUT2D eigenvalue weighted by Gasteiger charge is 2.11. The molecule has 0 aliphatic rings. The third kappa shape index (κ3) is 4.51. The molecule has 0 heterocycles. The van der Waals surface area contributed by atoms with Gasteiger partial charge in [-0.05, 0) is 19.1 Å². The largest absolute Gasteiger partial charge is 0.458 e. The minimum absolute atomic E-state index is 0.0211. The van der Waals surface area contributed by atoms with Crippen molar-refractivity contribution in [2.45, 2.75) is 13.0 Å². The highest BCUT2D eigenvalue weighted by atomic mass is 16.6. The average molecular weight is 234 g/mol. The van der Waals surface area contributed by atoms with Gasteiger partial charge >= 0.3 is 11.9 Å². The minimum atomic E-state index is -0.534. The molecule has 0 aliphatic carbocycles. The number of carbonyl (C=O) groups is 2. The first-order chi connectivity index (χ1) is 8.13. The van der Waals surface area contributed by atoms with Gasteiger partial charge in [-0.15, -0.1) is 0 Å². The van der Waals surface area contributed by atoms with Gasteiger partial charge in [-0.25, -0.2) is 9.59 Å². The van der Waals surface area contributed by atoms with Crippen molar-refractivity contribution in [3.8, 4) is 0 Å². The Balaban J connectivity index is 2.38. The Morgan fingerprint density at radius 2 is 2.00 bits per heavy atom. The first-order valence-corrected chi connectivity index (χ1v) is 5.18. The van der Waals surface area contributed by atoms with Gasteiger partial charge in [-0.2, -0.15) is 0 Å². The van der Waals surface area contributed by atoms with E-state index in [-0.39, 0.29) is 6.61 Å². The monoisotopic (exact) mass is 234 g/mol. The molecule has 0 bridgehead atoms. The highest BCUT2D eigenvalue weighted by molar-refractivity contribution is 5.89. The molecular weight excluding hydrogens is 220 g/mol. The van der Waals surface area contributed by atoms with Gasteiger partial charge in [-0.1, -0.05) is 24.8 Å². The van der Waals surface area contributed by atoms with E-state index in [1.807, 2.05) is 6.07 Å². The van der Waals surface area contributed by atoms with Gasteiger partial charge in [0.25, 0.3) is 0 Å². The number of carbonyl (C=O) groups excluding carboxylic acids is 2. The summed E-state index contributed by atoms with van der Waals surface area (Å²) in [6.07, 6.45) is 0.573. The predicted molar refractivity (Wildman–Crippen MR) is 62.5 cm³/mol. The van der Waals surface area contributed by atoms with Crippen LogP contribution in [-0.4, -0.2) is 24.6 Å². The Bertz CT molecular complexity index is 397. The van der Waals surface area contributed by atoms with Crippen LogP contribution in [0.3, 0.4) is 0 Å². The van der Waals surface area contributed by atoms with Crippen molar-refractivity contribution < 1.29 is 19.1 Å². The van der Waals surface area contributed by atoms with Crippen molar-refractivity contribution >= 4 is 11.9 Å². The molecule has 0 radical (unpaired) electrons. The Morgan fingerprint density at radius 1 is 1.35 bits per heavy atom. The molecule has 1 aromatic carbocycles. The van der Waals surface area contributed by atoms with Gasteiger partial charge in [0, 0.05) is 6.08 Å². The molecule has 0 saturated carbocycles. The molecule has 0 aliphatic heterocycles. The molecule has 1 rings (SSSR count). The first-order valence-electron chi connectivity index (χ1n) is 5.18. The van der Waals surface area contributed by atoms with Crippen molar-refractivity contribution in [1.82, 2.24) is 0 Å². The molecule has 90 valence electrons. The van der Waals surface area contributed by atoms with E-state index in [9.17, 15) is 9.59 Å². The summed E-state index contributed by atoms with van der Waals surface area (Å²) < 4.78 is 9.84. The molecule has 1 aromatic rings. The van der Waals surface area contributed by atoms with Crippen molar-refractivity contribution in [3.05, 3.63) is 48.6 Å². The molecule has 0 amide bonds. The number of ether oxygens (including phenoxy) is 2. The molecule has 0 saturated heterocycles. The van der Waals surface area contributed by atoms with Crippen molar-refractivity contribution in [3.63, 3.8) is 0 Å². The minimum Gasteiger partial charge on any atom is -0.458 e. The summed E-state index contributed by atoms with van der Waals surface area (Å²) in [4.78, 5) is 22.4. The van der Waals surface area contributed by atoms with Crippen LogP contribution in [0.4, 0.5) is 0 Å². The van der Waals surface area contributed by atoms with Crippen LogP contribution >= 0.6 is 0 Å². The summed E-state index contributed by atoms with van der Waals surface area (Å²) in [6.45, 7) is 4.93. The van der Waals surface area contributed by atoms with Gasteiger partial charge in [0.1, 0.15) is 12.7 Å². The fourth-order valence-electron chi connectivity index (χ4n) is 1.13. The van der Waals surface area contributed by atoms with E-state index in [1.165, 1.54) is 0 Å². The topological polar surface area (TPSA) is 52.6 Å². The maximum atomic E-state index is 11.5. The maximum absolute atomic E-state index is 11.5. The lowest BCUT2D eigenvalue weighted by atomic mass is 10.2. The van der Waals surface area contributed by atoms with Crippen molar-refractivity contribution in [2.24, 2.45) is 0 Å². The van der Waals surface area contributed by atoms with Gasteiger partial charge in [0.15, 0.2) is 0 Å². The second-order valence-corrected chi connectivity index (χ2v) is 3.42. The normalized spacial score (nSPS) is 11.4. The molecule has 1 atom stereocenters. The van der Waals surface area contributed by atoms with Crippen LogP contribution in [0.2, 0.25) is 0 Å². The van der Waals surface area contributed by atoms with Crippen LogP contribution in [0, 0.1) is 0 Å². The number of rotatable bonds is 5. The quantitative estimate of drug-likeness (QED) is 0.577. The molecule has 17 heavy (non-hydrogen) atoms. The van der Waals surface area contributed by atoms with E-state index in [4.69, 9.17) is 9.47 Å². The molecule has 4 heteroatoms. The van der Waals surface area contributed by atoms with E-state index < -0.39 is 18.0 Å². The zero-order valence-corrected chi connectivity index (χ0v) is 9.59. The Morgan fingerprint density at radius 3 is 2.59 bits per heavy atom. The van der Waals surface area contributed by atoms with Crippen LogP contribution in [0.5, 0.6) is 0 Å². The number of hydrogen-bond donors (Lipinski definition) is 0. The summed E-state index contributed by atoms with van der Waals surface area (Å²) >= 11 is 0. The smallest absolute Gasteiger partial charge is 0.338 e. The van der Waals surface area contributed by atoms with E-state index in [1.54, 1.807) is 31.2 Å². The van der Waals surface area contributed by atoms with Crippen LogP contribution in [-0.2, 0) is 14.3 Å². The third-order valence-electron chi connectivity index (χ3n) is 1.94. The highest BCUT2D eigenvalue weighted by Crippen LogP contribution is 2.02. The van der Waals surface area contributed by atoms with E-state index >= 15 is 0 Å². The van der Waals surface area contributed by atoms with E-state index in [0.717, 1.165) is 6.08 Å². The SMILES string of the molecule is C=CC(=O)OC(C)COC(=O)c1ccccc1. The summed E-state index contributed by atoms with van der Waals surface area (Å²) in [6, 6.07) is 8.62. The Labute approximate surface area is 99.8 Å². The molecule has 0 spiro atoms. The molecular formula is C13H14O4. The Kier molecular flexibility index (Phi) is 4.94. The second-order valence-electron chi connectivity index (χ2n) is 3.42. The molecule has 4 nitrogen and oxygen atoms in total. The van der Waals surface area contributed by atoms with Gasteiger partial charge in [-0.3, -0.25) is 0 Å². The summed E-state index contributed by atoms with van der Waals surface area (Å²) in [5.74, 6) is -0.972. The molecule has 0 fully saturated rings. The number of benzene rings is 1. The van der Waals surface area contributed by atoms with Crippen LogP contribution in [0.15, 0.2) is 43.0 Å². The number of hydrogen-bond acceptors (Lipinski definition) is 4. The van der Waals surface area contributed by atoms with Crippen LogP contribution < -0.4 is 0 Å². The first kappa shape index (κ1) is 13.0. The van der Waals surface area contributed by atoms with Crippen molar-refractivity contribution in [1.29, 1.82) is 0 Å². The van der Waals surface area contributed by atoms with Crippen molar-refractivity contribution in [2.75, 3.05) is 6.61 Å². The molecule has 1 unspecified atom stereocenters. The lowest BCUT2D eigenvalue weighted by molar-refractivity contribution is -0.144. The molecule has 0 aromatic heterocycles. The summed E-state index contributed by atoms with van der Waals surface area (Å²) in [7, 11) is 0. The Hall–Kier alpha value is -2.10. The van der Waals surface area contributed by atoms with E-state index in [2.05, 4.69) is 6.58 Å². The maximum Gasteiger partial charge on any atom is 0.338 e. The van der Waals surface area contributed by atoms with Crippen LogP contribution in [0.1, 0.15) is 17.3 Å². The fourth-order valence-corrected chi connectivity index (χ4v) is 1.13. The second kappa shape index (κ2) is 6.48. The predicted octanol–water partition coefficient (Wildman–Crippen LogP) is 1.96. The third-order valence-corrected chi connectivity index (χ3v) is 1.94. The zero-order valence-electron chi connectivity index (χ0n) is 9.59. The van der Waals surface area contributed by atoms with Crippen LogP contribution in [0.25, 0.3) is 0 Å². The lowest BCUT2D eigenvalue weighted by Gasteiger charge is -2.12. The zero-order chi connectivity index (χ0) is 12.7. The van der Waals surface area contributed by atoms with Gasteiger partial charge < -0.3 is 9.47 Å². The molecule has 0 N–H and O–H groups in total. The lowest BCUT2D eigenvalue weighted by Crippen LogP contribution is -2.21. The average Bonchev–Trinajstić information content (AvgIpc) is 2.36. The van der Waals surface area contributed by atoms with E-state index in [0.29, 0.717) is 5.56 Å².